The SMILES string of the molecule is COCC(C)COCc1ccc(C(C)(C)C)cc1. The predicted molar refractivity (Wildman–Crippen MR) is 75.8 cm³/mol. The second-order valence-corrected chi connectivity index (χ2v) is 6.02. The predicted octanol–water partition coefficient (Wildman–Crippen LogP) is 3.78. The molecule has 2 heteroatoms. The van der Waals surface area contributed by atoms with E-state index in [-0.39, 0.29) is 5.41 Å². The van der Waals surface area contributed by atoms with Crippen molar-refractivity contribution in [3.05, 3.63) is 35.4 Å². The van der Waals surface area contributed by atoms with Crippen LogP contribution in [-0.2, 0) is 21.5 Å². The smallest absolute Gasteiger partial charge is 0.0717 e. The molecule has 0 aliphatic rings. The molecule has 0 heterocycles. The number of benzene rings is 1. The van der Waals surface area contributed by atoms with Crippen LogP contribution >= 0.6 is 0 Å². The van der Waals surface area contributed by atoms with E-state index in [1.54, 1.807) is 7.11 Å². The third kappa shape index (κ3) is 5.19. The van der Waals surface area contributed by atoms with E-state index in [1.807, 2.05) is 0 Å². The molecule has 0 radical (unpaired) electrons. The monoisotopic (exact) mass is 250 g/mol. The molecule has 0 saturated heterocycles. The molecule has 0 spiro atoms. The Morgan fingerprint density at radius 2 is 1.67 bits per heavy atom. The summed E-state index contributed by atoms with van der Waals surface area (Å²) < 4.78 is 10.8. The fourth-order valence-electron chi connectivity index (χ4n) is 1.81. The number of ether oxygens (including phenoxy) is 2. The van der Waals surface area contributed by atoms with Crippen LogP contribution < -0.4 is 0 Å². The topological polar surface area (TPSA) is 18.5 Å². The lowest BCUT2D eigenvalue weighted by Gasteiger charge is -2.19. The van der Waals surface area contributed by atoms with Crippen molar-refractivity contribution in [2.24, 2.45) is 5.92 Å². The fraction of sp³-hybridized carbons (Fsp3) is 0.625. The highest BCUT2D eigenvalue weighted by Crippen LogP contribution is 2.22. The van der Waals surface area contributed by atoms with Crippen LogP contribution in [0, 0.1) is 5.92 Å². The summed E-state index contributed by atoms with van der Waals surface area (Å²) >= 11 is 0. The second kappa shape index (κ2) is 6.91. The Labute approximate surface area is 111 Å². The highest BCUT2D eigenvalue weighted by Gasteiger charge is 2.12. The summed E-state index contributed by atoms with van der Waals surface area (Å²) in [6.07, 6.45) is 0. The van der Waals surface area contributed by atoms with Crippen LogP contribution in [0.3, 0.4) is 0 Å². The lowest BCUT2D eigenvalue weighted by molar-refractivity contribution is 0.0561. The van der Waals surface area contributed by atoms with Crippen molar-refractivity contribution in [1.82, 2.24) is 0 Å². The molecule has 102 valence electrons. The molecule has 0 aliphatic carbocycles. The van der Waals surface area contributed by atoms with E-state index in [9.17, 15) is 0 Å². The molecule has 0 aliphatic heterocycles. The van der Waals surface area contributed by atoms with Gasteiger partial charge in [0.2, 0.25) is 0 Å². The Hall–Kier alpha value is -0.860. The Kier molecular flexibility index (Phi) is 5.83. The number of hydrogen-bond donors (Lipinski definition) is 0. The minimum atomic E-state index is 0.215. The van der Waals surface area contributed by atoms with Crippen LogP contribution in [-0.4, -0.2) is 20.3 Å². The second-order valence-electron chi connectivity index (χ2n) is 6.02. The van der Waals surface area contributed by atoms with Gasteiger partial charge < -0.3 is 9.47 Å². The minimum absolute atomic E-state index is 0.215. The van der Waals surface area contributed by atoms with Crippen LogP contribution in [0.25, 0.3) is 0 Å². The van der Waals surface area contributed by atoms with Gasteiger partial charge in [-0.25, -0.2) is 0 Å². The van der Waals surface area contributed by atoms with Crippen molar-refractivity contribution < 1.29 is 9.47 Å². The van der Waals surface area contributed by atoms with Crippen molar-refractivity contribution in [2.45, 2.75) is 39.7 Å². The maximum Gasteiger partial charge on any atom is 0.0717 e. The lowest BCUT2D eigenvalue weighted by atomic mass is 9.87. The van der Waals surface area contributed by atoms with Gasteiger partial charge in [0.25, 0.3) is 0 Å². The summed E-state index contributed by atoms with van der Waals surface area (Å²) in [5.41, 5.74) is 2.80. The van der Waals surface area contributed by atoms with Gasteiger partial charge in [-0.2, -0.15) is 0 Å². The molecular formula is C16H26O2. The normalized spacial score (nSPS) is 13.6. The summed E-state index contributed by atoms with van der Waals surface area (Å²) in [7, 11) is 1.72. The van der Waals surface area contributed by atoms with Crippen LogP contribution in [0.4, 0.5) is 0 Å². The third-order valence-corrected chi connectivity index (χ3v) is 2.94. The quantitative estimate of drug-likeness (QED) is 0.765. The Morgan fingerprint density at radius 1 is 1.06 bits per heavy atom. The van der Waals surface area contributed by atoms with Crippen molar-refractivity contribution in [3.8, 4) is 0 Å². The minimum Gasteiger partial charge on any atom is -0.384 e. The first-order valence-electron chi connectivity index (χ1n) is 6.59. The van der Waals surface area contributed by atoms with E-state index in [0.29, 0.717) is 12.5 Å². The zero-order valence-electron chi connectivity index (χ0n) is 12.3. The lowest BCUT2D eigenvalue weighted by Crippen LogP contribution is -2.12. The molecule has 1 rings (SSSR count). The molecule has 0 saturated carbocycles. The van der Waals surface area contributed by atoms with Gasteiger partial charge in [-0.1, -0.05) is 52.0 Å². The van der Waals surface area contributed by atoms with Gasteiger partial charge in [0.05, 0.1) is 19.8 Å². The molecule has 1 unspecified atom stereocenters. The van der Waals surface area contributed by atoms with Crippen LogP contribution in [0.2, 0.25) is 0 Å². The first-order chi connectivity index (χ1) is 8.43. The molecule has 0 aromatic heterocycles. The van der Waals surface area contributed by atoms with E-state index < -0.39 is 0 Å². The molecule has 1 aromatic carbocycles. The van der Waals surface area contributed by atoms with Gasteiger partial charge in [0.1, 0.15) is 0 Å². The fourth-order valence-corrected chi connectivity index (χ4v) is 1.81. The zero-order chi connectivity index (χ0) is 13.6. The largest absolute Gasteiger partial charge is 0.384 e. The molecule has 0 bridgehead atoms. The van der Waals surface area contributed by atoms with Gasteiger partial charge in [-0.05, 0) is 16.5 Å². The molecule has 0 amide bonds. The molecular weight excluding hydrogens is 224 g/mol. The van der Waals surface area contributed by atoms with Gasteiger partial charge in [-0.3, -0.25) is 0 Å². The first kappa shape index (κ1) is 15.2. The summed E-state index contributed by atoms with van der Waals surface area (Å²) in [5.74, 6) is 0.448. The highest BCUT2D eigenvalue weighted by molar-refractivity contribution is 5.27. The van der Waals surface area contributed by atoms with Gasteiger partial charge in [0.15, 0.2) is 0 Å². The summed E-state index contributed by atoms with van der Waals surface area (Å²) in [6, 6.07) is 8.69. The van der Waals surface area contributed by atoms with E-state index in [0.717, 1.165) is 13.2 Å². The number of hydrogen-bond acceptors (Lipinski definition) is 2. The van der Waals surface area contributed by atoms with Crippen LogP contribution in [0.1, 0.15) is 38.8 Å². The van der Waals surface area contributed by atoms with Crippen molar-refractivity contribution in [2.75, 3.05) is 20.3 Å². The van der Waals surface area contributed by atoms with Crippen molar-refractivity contribution in [3.63, 3.8) is 0 Å². The summed E-state index contributed by atoms with van der Waals surface area (Å²) in [5, 5.41) is 0. The van der Waals surface area contributed by atoms with E-state index in [1.165, 1.54) is 11.1 Å². The average Bonchev–Trinajstić information content (AvgIpc) is 2.29. The Balaban J connectivity index is 2.40. The molecule has 1 aromatic rings. The molecule has 0 fully saturated rings. The van der Waals surface area contributed by atoms with Crippen LogP contribution in [0.15, 0.2) is 24.3 Å². The van der Waals surface area contributed by atoms with Crippen molar-refractivity contribution >= 4 is 0 Å². The van der Waals surface area contributed by atoms with Gasteiger partial charge >= 0.3 is 0 Å². The Bertz CT molecular complexity index is 335. The molecule has 2 nitrogen and oxygen atoms in total. The zero-order valence-corrected chi connectivity index (χ0v) is 12.3. The summed E-state index contributed by atoms with van der Waals surface area (Å²) in [6.45, 7) is 11.0. The van der Waals surface area contributed by atoms with E-state index in [4.69, 9.17) is 9.47 Å². The molecule has 1 atom stereocenters. The van der Waals surface area contributed by atoms with Gasteiger partial charge in [0, 0.05) is 13.0 Å². The van der Waals surface area contributed by atoms with E-state index >= 15 is 0 Å². The Morgan fingerprint density at radius 3 is 2.17 bits per heavy atom. The standard InChI is InChI=1S/C16H26O2/c1-13(10-17-5)11-18-12-14-6-8-15(9-7-14)16(2,3)4/h6-9,13H,10-12H2,1-5H3. The van der Waals surface area contributed by atoms with Crippen LogP contribution in [0.5, 0.6) is 0 Å². The first-order valence-corrected chi connectivity index (χ1v) is 6.59. The summed E-state index contributed by atoms with van der Waals surface area (Å²) in [4.78, 5) is 0. The maximum absolute atomic E-state index is 5.68. The third-order valence-electron chi connectivity index (χ3n) is 2.94. The number of methoxy groups -OCH3 is 1. The average molecular weight is 250 g/mol. The molecule has 18 heavy (non-hydrogen) atoms. The maximum atomic E-state index is 5.68. The highest BCUT2D eigenvalue weighted by atomic mass is 16.5. The van der Waals surface area contributed by atoms with Gasteiger partial charge in [-0.15, -0.1) is 0 Å². The number of rotatable bonds is 6. The molecule has 0 N–H and O–H groups in total. The van der Waals surface area contributed by atoms with Crippen molar-refractivity contribution in [1.29, 1.82) is 0 Å². The van der Waals surface area contributed by atoms with E-state index in [2.05, 4.69) is 52.0 Å².